The van der Waals surface area contributed by atoms with Crippen molar-refractivity contribution in [2.24, 2.45) is 5.92 Å². The molecule has 1 N–H and O–H groups in total. The highest BCUT2D eigenvalue weighted by Gasteiger charge is 2.23. The van der Waals surface area contributed by atoms with Gasteiger partial charge < -0.3 is 14.5 Å². The summed E-state index contributed by atoms with van der Waals surface area (Å²) in [6.45, 7) is 1.17. The molecule has 26 heavy (non-hydrogen) atoms. The van der Waals surface area contributed by atoms with Crippen molar-refractivity contribution in [1.29, 1.82) is 0 Å². The summed E-state index contributed by atoms with van der Waals surface area (Å²) in [6, 6.07) is 9.54. The second kappa shape index (κ2) is 7.55. The molecule has 1 unspecified atom stereocenters. The SMILES string of the molecule is COCc1cccnc1CS(=O)c1nc2c(OCC3CC3)cccc2[nH]1. The monoisotopic (exact) mass is 371 g/mol. The van der Waals surface area contributed by atoms with Crippen LogP contribution in [0.2, 0.25) is 0 Å². The number of aromatic nitrogens is 3. The Morgan fingerprint density at radius 1 is 1.27 bits per heavy atom. The molecule has 1 atom stereocenters. The molecule has 2 aromatic heterocycles. The highest BCUT2D eigenvalue weighted by Crippen LogP contribution is 2.31. The van der Waals surface area contributed by atoms with E-state index < -0.39 is 10.8 Å². The van der Waals surface area contributed by atoms with Gasteiger partial charge in [0.15, 0.2) is 5.16 Å². The normalized spacial score (nSPS) is 15.3. The number of benzene rings is 1. The second-order valence-electron chi connectivity index (χ2n) is 6.48. The fourth-order valence-corrected chi connectivity index (χ4v) is 3.84. The number of pyridine rings is 1. The van der Waals surface area contributed by atoms with Crippen LogP contribution in [0.25, 0.3) is 11.0 Å². The van der Waals surface area contributed by atoms with Crippen LogP contribution in [-0.2, 0) is 27.9 Å². The number of fused-ring (bicyclic) bond motifs is 1. The van der Waals surface area contributed by atoms with Gasteiger partial charge in [0.1, 0.15) is 11.3 Å². The molecule has 0 radical (unpaired) electrons. The third-order valence-corrected chi connectivity index (χ3v) is 5.55. The number of H-pyrrole nitrogens is 1. The maximum atomic E-state index is 12.8. The fraction of sp³-hybridized carbons (Fsp3) is 0.368. The Balaban J connectivity index is 1.56. The molecule has 4 rings (SSSR count). The van der Waals surface area contributed by atoms with Crippen molar-refractivity contribution in [2.45, 2.75) is 30.4 Å². The third-order valence-electron chi connectivity index (χ3n) is 4.39. The van der Waals surface area contributed by atoms with Gasteiger partial charge in [-0.3, -0.25) is 9.19 Å². The Morgan fingerprint density at radius 3 is 2.96 bits per heavy atom. The van der Waals surface area contributed by atoms with Crippen LogP contribution in [-0.4, -0.2) is 32.9 Å². The van der Waals surface area contributed by atoms with E-state index in [1.165, 1.54) is 12.8 Å². The zero-order valence-electron chi connectivity index (χ0n) is 14.6. The van der Waals surface area contributed by atoms with Crippen LogP contribution < -0.4 is 4.74 Å². The average molecular weight is 371 g/mol. The molecule has 7 heteroatoms. The van der Waals surface area contributed by atoms with Crippen LogP contribution in [0.3, 0.4) is 0 Å². The fourth-order valence-electron chi connectivity index (χ4n) is 2.78. The van der Waals surface area contributed by atoms with E-state index in [2.05, 4.69) is 15.0 Å². The van der Waals surface area contributed by atoms with Gasteiger partial charge in [0.05, 0.1) is 41.0 Å². The maximum Gasteiger partial charge on any atom is 0.197 e. The van der Waals surface area contributed by atoms with Crippen LogP contribution in [0.1, 0.15) is 24.1 Å². The van der Waals surface area contributed by atoms with Crippen molar-refractivity contribution in [1.82, 2.24) is 15.0 Å². The van der Waals surface area contributed by atoms with Gasteiger partial charge in [-0.05, 0) is 37.0 Å². The quantitative estimate of drug-likeness (QED) is 0.658. The van der Waals surface area contributed by atoms with Gasteiger partial charge in [0.2, 0.25) is 0 Å². The molecule has 136 valence electrons. The van der Waals surface area contributed by atoms with Crippen LogP contribution in [0.5, 0.6) is 5.75 Å². The first-order valence-corrected chi connectivity index (χ1v) is 9.98. The number of ether oxygens (including phenoxy) is 2. The topological polar surface area (TPSA) is 77.1 Å². The van der Waals surface area contributed by atoms with Gasteiger partial charge in [-0.25, -0.2) is 4.98 Å². The van der Waals surface area contributed by atoms with Gasteiger partial charge in [-0.15, -0.1) is 0 Å². The number of nitrogens with one attached hydrogen (secondary N) is 1. The van der Waals surface area contributed by atoms with E-state index in [4.69, 9.17) is 9.47 Å². The van der Waals surface area contributed by atoms with E-state index in [0.717, 1.165) is 34.6 Å². The van der Waals surface area contributed by atoms with Gasteiger partial charge in [-0.2, -0.15) is 0 Å². The lowest BCUT2D eigenvalue weighted by atomic mass is 10.2. The Labute approximate surface area is 154 Å². The molecule has 0 aliphatic heterocycles. The molecule has 1 aromatic carbocycles. The summed E-state index contributed by atoms with van der Waals surface area (Å²) in [5.74, 6) is 1.70. The molecular formula is C19H21N3O3S. The van der Waals surface area contributed by atoms with E-state index in [9.17, 15) is 4.21 Å². The predicted octanol–water partition coefficient (Wildman–Crippen LogP) is 3.20. The van der Waals surface area contributed by atoms with Crippen LogP contribution in [0, 0.1) is 5.92 Å². The van der Waals surface area contributed by atoms with Crippen molar-refractivity contribution in [3.8, 4) is 5.75 Å². The smallest absolute Gasteiger partial charge is 0.197 e. The number of hydrogen-bond acceptors (Lipinski definition) is 5. The molecule has 1 aliphatic carbocycles. The summed E-state index contributed by atoms with van der Waals surface area (Å²) in [4.78, 5) is 12.1. The third kappa shape index (κ3) is 3.78. The lowest BCUT2D eigenvalue weighted by Gasteiger charge is -2.06. The first kappa shape index (κ1) is 17.2. The summed E-state index contributed by atoms with van der Waals surface area (Å²) in [5.41, 5.74) is 3.26. The van der Waals surface area contributed by atoms with E-state index in [1.807, 2.05) is 30.3 Å². The van der Waals surface area contributed by atoms with Crippen LogP contribution >= 0.6 is 0 Å². The average Bonchev–Trinajstić information content (AvgIpc) is 3.37. The molecular weight excluding hydrogens is 350 g/mol. The Kier molecular flexibility index (Phi) is 4.99. The van der Waals surface area contributed by atoms with Crippen molar-refractivity contribution in [3.05, 3.63) is 47.8 Å². The minimum Gasteiger partial charge on any atom is -0.491 e. The van der Waals surface area contributed by atoms with Crippen LogP contribution in [0.4, 0.5) is 0 Å². The molecule has 1 fully saturated rings. The van der Waals surface area contributed by atoms with Gasteiger partial charge >= 0.3 is 0 Å². The minimum absolute atomic E-state index is 0.289. The Bertz CT molecular complexity index is 937. The number of para-hydroxylation sites is 1. The molecule has 1 saturated carbocycles. The Morgan fingerprint density at radius 2 is 2.15 bits per heavy atom. The maximum absolute atomic E-state index is 12.8. The standard InChI is InChI=1S/C19H21N3O3S/c1-24-11-14-4-3-9-20-16(14)12-26(23)19-21-15-5-2-6-17(18(15)22-19)25-10-13-7-8-13/h2-6,9,13H,7-8,10-12H2,1H3,(H,21,22). The molecule has 3 aromatic rings. The number of nitrogens with zero attached hydrogens (tertiary/aromatic N) is 2. The van der Waals surface area contributed by atoms with Crippen molar-refractivity contribution in [3.63, 3.8) is 0 Å². The van der Waals surface area contributed by atoms with Crippen molar-refractivity contribution < 1.29 is 13.7 Å². The summed E-state index contributed by atoms with van der Waals surface area (Å²) in [5, 5.41) is 0.441. The number of hydrogen-bond donors (Lipinski definition) is 1. The largest absolute Gasteiger partial charge is 0.491 e. The lowest BCUT2D eigenvalue weighted by Crippen LogP contribution is -2.05. The number of imidazole rings is 1. The molecule has 1 aliphatic rings. The molecule has 0 saturated heterocycles. The highest BCUT2D eigenvalue weighted by atomic mass is 32.2. The molecule has 0 amide bonds. The first-order chi connectivity index (χ1) is 12.7. The summed E-state index contributed by atoms with van der Waals surface area (Å²) < 4.78 is 23.9. The zero-order valence-corrected chi connectivity index (χ0v) is 15.4. The van der Waals surface area contributed by atoms with Gasteiger partial charge in [-0.1, -0.05) is 12.1 Å². The molecule has 2 heterocycles. The van der Waals surface area contributed by atoms with E-state index in [-0.39, 0.29) is 5.75 Å². The minimum atomic E-state index is -1.33. The number of rotatable bonds is 8. The summed E-state index contributed by atoms with van der Waals surface area (Å²) in [7, 11) is 0.305. The summed E-state index contributed by atoms with van der Waals surface area (Å²) in [6.07, 6.45) is 4.17. The second-order valence-corrected chi connectivity index (χ2v) is 7.85. The van der Waals surface area contributed by atoms with Gasteiger partial charge in [0.25, 0.3) is 0 Å². The van der Waals surface area contributed by atoms with E-state index in [0.29, 0.717) is 17.7 Å². The number of methoxy groups -OCH3 is 1. The molecule has 0 bridgehead atoms. The lowest BCUT2D eigenvalue weighted by molar-refractivity contribution is 0.184. The predicted molar refractivity (Wildman–Crippen MR) is 99.4 cm³/mol. The zero-order chi connectivity index (χ0) is 17.9. The van der Waals surface area contributed by atoms with Crippen molar-refractivity contribution >= 4 is 21.8 Å². The van der Waals surface area contributed by atoms with E-state index in [1.54, 1.807) is 13.3 Å². The molecule has 0 spiro atoms. The molecule has 6 nitrogen and oxygen atoms in total. The number of aromatic amines is 1. The highest BCUT2D eigenvalue weighted by molar-refractivity contribution is 7.84. The Hall–Kier alpha value is -2.25. The van der Waals surface area contributed by atoms with E-state index >= 15 is 0 Å². The first-order valence-electron chi connectivity index (χ1n) is 8.66. The van der Waals surface area contributed by atoms with Gasteiger partial charge in [0, 0.05) is 18.9 Å². The summed E-state index contributed by atoms with van der Waals surface area (Å²) >= 11 is 0. The van der Waals surface area contributed by atoms with Crippen molar-refractivity contribution in [2.75, 3.05) is 13.7 Å². The van der Waals surface area contributed by atoms with Crippen LogP contribution in [0.15, 0.2) is 41.7 Å².